The van der Waals surface area contributed by atoms with Crippen molar-refractivity contribution >= 4 is 12.0 Å². The summed E-state index contributed by atoms with van der Waals surface area (Å²) in [5.41, 5.74) is 0.718. The number of aliphatic carboxylic acids is 1. The van der Waals surface area contributed by atoms with Crippen LogP contribution in [0.1, 0.15) is 18.9 Å². The van der Waals surface area contributed by atoms with Crippen LogP contribution in [-0.2, 0) is 4.79 Å². The Labute approximate surface area is 112 Å². The highest BCUT2D eigenvalue weighted by Crippen LogP contribution is 2.36. The van der Waals surface area contributed by atoms with Crippen molar-refractivity contribution in [2.75, 3.05) is 13.1 Å². The largest absolute Gasteiger partial charge is 0.481 e. The van der Waals surface area contributed by atoms with E-state index < -0.39 is 12.0 Å². The summed E-state index contributed by atoms with van der Waals surface area (Å²) in [4.78, 5) is 13.0. The smallest absolute Gasteiger partial charge is 0.320 e. The lowest BCUT2D eigenvalue weighted by Gasteiger charge is -2.32. The molecule has 1 spiro atoms. The van der Waals surface area contributed by atoms with E-state index in [1.54, 1.807) is 6.92 Å². The lowest BCUT2D eigenvalue weighted by atomic mass is 9.97. The third kappa shape index (κ3) is 2.12. The molecule has 19 heavy (non-hydrogen) atoms. The molecule has 0 saturated carbocycles. The van der Waals surface area contributed by atoms with Crippen LogP contribution in [0.2, 0.25) is 0 Å². The number of likely N-dealkylation sites (tertiary alicyclic amines) is 1. The number of nitrogens with zero attached hydrogens (tertiary/aromatic N) is 1. The Morgan fingerprint density at radius 1 is 1.47 bits per heavy atom. The molecule has 100 valence electrons. The lowest BCUT2D eigenvalue weighted by molar-refractivity contribution is -0.142. The average molecular weight is 259 g/mol. The van der Waals surface area contributed by atoms with Crippen LogP contribution < -0.4 is 4.74 Å². The molecule has 1 N–H and O–H groups in total. The summed E-state index contributed by atoms with van der Waals surface area (Å²) in [6, 6.07) is 7.46. The van der Waals surface area contributed by atoms with Crippen molar-refractivity contribution in [3.63, 3.8) is 0 Å². The number of rotatable bonds is 2. The molecule has 0 amide bonds. The molecule has 2 atom stereocenters. The third-order valence-corrected chi connectivity index (χ3v) is 4.00. The monoisotopic (exact) mass is 259 g/mol. The number of ether oxygens (including phenoxy) is 1. The SMILES string of the molecule is CC(C(=O)O)N1CCC2(C=Cc3ccccc3O2)C1. The second-order valence-corrected chi connectivity index (χ2v) is 5.27. The summed E-state index contributed by atoms with van der Waals surface area (Å²) < 4.78 is 6.12. The lowest BCUT2D eigenvalue weighted by Crippen LogP contribution is -2.43. The van der Waals surface area contributed by atoms with Crippen molar-refractivity contribution in [1.82, 2.24) is 4.90 Å². The van der Waals surface area contributed by atoms with Crippen LogP contribution in [-0.4, -0.2) is 40.7 Å². The van der Waals surface area contributed by atoms with E-state index in [2.05, 4.69) is 12.2 Å². The molecule has 2 unspecified atom stereocenters. The van der Waals surface area contributed by atoms with Crippen LogP contribution >= 0.6 is 0 Å². The van der Waals surface area contributed by atoms with E-state index in [-0.39, 0.29) is 5.60 Å². The first kappa shape index (κ1) is 12.2. The fraction of sp³-hybridized carbons (Fsp3) is 0.400. The Morgan fingerprint density at radius 3 is 3.05 bits per heavy atom. The zero-order chi connectivity index (χ0) is 13.5. The van der Waals surface area contributed by atoms with E-state index in [1.807, 2.05) is 29.2 Å². The van der Waals surface area contributed by atoms with Gasteiger partial charge in [0.15, 0.2) is 0 Å². The Kier molecular flexibility index (Phi) is 2.82. The second-order valence-electron chi connectivity index (χ2n) is 5.27. The molecule has 0 aromatic heterocycles. The summed E-state index contributed by atoms with van der Waals surface area (Å²) in [6.45, 7) is 3.10. The normalized spacial score (nSPS) is 27.0. The summed E-state index contributed by atoms with van der Waals surface area (Å²) in [6.07, 6.45) is 4.98. The molecule has 0 bridgehead atoms. The van der Waals surface area contributed by atoms with Gasteiger partial charge in [0.25, 0.3) is 0 Å². The molecule has 1 aromatic carbocycles. The van der Waals surface area contributed by atoms with Gasteiger partial charge >= 0.3 is 5.97 Å². The topological polar surface area (TPSA) is 49.8 Å². The minimum Gasteiger partial charge on any atom is -0.481 e. The Balaban J connectivity index is 1.80. The Hall–Kier alpha value is -1.81. The van der Waals surface area contributed by atoms with Crippen molar-refractivity contribution in [3.8, 4) is 5.75 Å². The predicted molar refractivity (Wildman–Crippen MR) is 72.1 cm³/mol. The number of hydrogen-bond acceptors (Lipinski definition) is 3. The van der Waals surface area contributed by atoms with Gasteiger partial charge < -0.3 is 9.84 Å². The van der Waals surface area contributed by atoms with E-state index in [0.717, 1.165) is 24.3 Å². The maximum atomic E-state index is 11.1. The van der Waals surface area contributed by atoms with Crippen molar-refractivity contribution < 1.29 is 14.6 Å². The molecule has 1 aromatic rings. The molecule has 1 saturated heterocycles. The Morgan fingerprint density at radius 2 is 2.26 bits per heavy atom. The molecule has 3 rings (SSSR count). The van der Waals surface area contributed by atoms with Gasteiger partial charge in [0.1, 0.15) is 17.4 Å². The first-order valence-corrected chi connectivity index (χ1v) is 6.54. The van der Waals surface area contributed by atoms with E-state index in [0.29, 0.717) is 6.54 Å². The summed E-state index contributed by atoms with van der Waals surface area (Å²) in [7, 11) is 0. The molecule has 1 fully saturated rings. The van der Waals surface area contributed by atoms with Crippen LogP contribution in [0.25, 0.3) is 6.08 Å². The minimum atomic E-state index is -0.780. The van der Waals surface area contributed by atoms with Crippen LogP contribution in [0.5, 0.6) is 5.75 Å². The van der Waals surface area contributed by atoms with Gasteiger partial charge in [0.05, 0.1) is 0 Å². The van der Waals surface area contributed by atoms with E-state index >= 15 is 0 Å². The fourth-order valence-electron chi connectivity index (χ4n) is 2.75. The molecule has 4 nitrogen and oxygen atoms in total. The highest BCUT2D eigenvalue weighted by Gasteiger charge is 2.42. The molecule has 2 aliphatic heterocycles. The summed E-state index contributed by atoms with van der Waals surface area (Å²) in [5, 5.41) is 9.09. The fourth-order valence-corrected chi connectivity index (χ4v) is 2.75. The molecular formula is C15H17NO3. The quantitative estimate of drug-likeness (QED) is 0.882. The molecular weight excluding hydrogens is 242 g/mol. The number of fused-ring (bicyclic) bond motifs is 1. The number of para-hydroxylation sites is 1. The first-order valence-electron chi connectivity index (χ1n) is 6.54. The summed E-state index contributed by atoms with van der Waals surface area (Å²) >= 11 is 0. The second kappa shape index (κ2) is 4.38. The van der Waals surface area contributed by atoms with E-state index in [9.17, 15) is 4.79 Å². The van der Waals surface area contributed by atoms with Gasteiger partial charge in [-0.2, -0.15) is 0 Å². The average Bonchev–Trinajstić information content (AvgIpc) is 2.81. The molecule has 0 aliphatic carbocycles. The van der Waals surface area contributed by atoms with Crippen LogP contribution in [0.4, 0.5) is 0 Å². The van der Waals surface area contributed by atoms with Crippen molar-refractivity contribution in [1.29, 1.82) is 0 Å². The zero-order valence-corrected chi connectivity index (χ0v) is 10.9. The summed E-state index contributed by atoms with van der Waals surface area (Å²) in [5.74, 6) is 0.104. The predicted octanol–water partition coefficient (Wildman–Crippen LogP) is 2.01. The highest BCUT2D eigenvalue weighted by atomic mass is 16.5. The molecule has 2 aliphatic rings. The molecule has 0 radical (unpaired) electrons. The van der Waals surface area contributed by atoms with Crippen LogP contribution in [0, 0.1) is 0 Å². The zero-order valence-electron chi connectivity index (χ0n) is 10.9. The number of hydrogen-bond donors (Lipinski definition) is 1. The number of benzene rings is 1. The van der Waals surface area contributed by atoms with Gasteiger partial charge in [-0.25, -0.2) is 0 Å². The maximum Gasteiger partial charge on any atom is 0.320 e. The number of carbonyl (C=O) groups is 1. The van der Waals surface area contributed by atoms with E-state index in [4.69, 9.17) is 9.84 Å². The number of carboxylic acids is 1. The van der Waals surface area contributed by atoms with Crippen LogP contribution in [0.15, 0.2) is 30.3 Å². The van der Waals surface area contributed by atoms with Gasteiger partial charge in [0.2, 0.25) is 0 Å². The maximum absolute atomic E-state index is 11.1. The number of carboxylic acid groups (broad SMARTS) is 1. The first-order chi connectivity index (χ1) is 9.10. The van der Waals surface area contributed by atoms with E-state index in [1.165, 1.54) is 0 Å². The van der Waals surface area contributed by atoms with Gasteiger partial charge in [-0.05, 0) is 19.1 Å². The van der Waals surface area contributed by atoms with Gasteiger partial charge in [-0.15, -0.1) is 0 Å². The van der Waals surface area contributed by atoms with Gasteiger partial charge in [0, 0.05) is 25.1 Å². The minimum absolute atomic E-state index is 0.363. The Bertz CT molecular complexity index is 540. The van der Waals surface area contributed by atoms with Gasteiger partial charge in [-0.1, -0.05) is 24.3 Å². The molecule has 2 heterocycles. The van der Waals surface area contributed by atoms with Crippen molar-refractivity contribution in [2.24, 2.45) is 0 Å². The van der Waals surface area contributed by atoms with Crippen LogP contribution in [0.3, 0.4) is 0 Å². The molecule has 4 heteroatoms. The van der Waals surface area contributed by atoms with Crippen molar-refractivity contribution in [3.05, 3.63) is 35.9 Å². The third-order valence-electron chi connectivity index (χ3n) is 4.00. The van der Waals surface area contributed by atoms with Crippen molar-refractivity contribution in [2.45, 2.75) is 25.0 Å². The standard InChI is InChI=1S/C15H17NO3/c1-11(14(17)18)16-9-8-15(10-16)7-6-12-4-2-3-5-13(12)19-15/h2-7,11H,8-10H2,1H3,(H,17,18). The highest BCUT2D eigenvalue weighted by molar-refractivity contribution is 5.73. The van der Waals surface area contributed by atoms with Gasteiger partial charge in [-0.3, -0.25) is 9.69 Å².